The second-order valence-electron chi connectivity index (χ2n) is 6.45. The number of carbonyl (C=O) groups excluding carboxylic acids is 1. The molecule has 0 fully saturated rings. The van der Waals surface area contributed by atoms with Gasteiger partial charge in [-0.05, 0) is 31.1 Å². The summed E-state index contributed by atoms with van der Waals surface area (Å²) in [6.45, 7) is 10.0. The molecule has 144 valence electrons. The van der Waals surface area contributed by atoms with Gasteiger partial charge in [0.1, 0.15) is 5.03 Å². The van der Waals surface area contributed by atoms with Crippen LogP contribution in [0.15, 0.2) is 39.1 Å². The van der Waals surface area contributed by atoms with Gasteiger partial charge >= 0.3 is 0 Å². The first-order valence-electron chi connectivity index (χ1n) is 9.00. The Morgan fingerprint density at radius 1 is 1.31 bits per heavy atom. The number of amides is 1. The molecule has 0 aromatic heterocycles. The highest BCUT2D eigenvalue weighted by Crippen LogP contribution is 2.37. The number of hydrogen-bond acceptors (Lipinski definition) is 6. The van der Waals surface area contributed by atoms with Gasteiger partial charge in [0.15, 0.2) is 9.84 Å². The van der Waals surface area contributed by atoms with Crippen molar-refractivity contribution in [2.45, 2.75) is 53.5 Å². The molecule has 2 N–H and O–H groups in total. The first kappa shape index (κ1) is 20.4. The van der Waals surface area contributed by atoms with Crippen molar-refractivity contribution in [2.24, 2.45) is 11.0 Å². The largest absolute Gasteiger partial charge is 0.273 e. The normalized spacial score (nSPS) is 25.5. The Kier molecular flexibility index (Phi) is 6.08. The number of rotatable bonds is 3. The molecule has 0 saturated heterocycles. The van der Waals surface area contributed by atoms with Crippen LogP contribution >= 0.6 is 0 Å². The summed E-state index contributed by atoms with van der Waals surface area (Å²) in [5, 5.41) is 6.11. The number of hydrazine groups is 1. The number of hydrazone groups is 1. The molecule has 2 atom stereocenters. The number of carbonyl (C=O) groups is 1. The summed E-state index contributed by atoms with van der Waals surface area (Å²) in [5.41, 5.74) is 9.33. The Bertz CT molecular complexity index is 821. The number of allylic oxidation sites excluding steroid dienone is 3. The van der Waals surface area contributed by atoms with Crippen LogP contribution < -0.4 is 10.9 Å². The Balaban J connectivity index is 0.00000117. The number of sulfone groups is 1. The molecule has 8 heteroatoms. The summed E-state index contributed by atoms with van der Waals surface area (Å²) in [7, 11) is -3.38. The molecule has 2 unspecified atom stereocenters. The predicted octanol–water partition coefficient (Wildman–Crippen LogP) is 2.22. The average molecular weight is 381 g/mol. The van der Waals surface area contributed by atoms with Gasteiger partial charge < -0.3 is 0 Å². The number of nitrogens with one attached hydrogen (secondary N) is 2. The summed E-state index contributed by atoms with van der Waals surface area (Å²) in [6, 6.07) is 0.0701. The first-order valence-corrected chi connectivity index (χ1v) is 10.9. The highest BCUT2D eigenvalue weighted by atomic mass is 32.2. The molecule has 0 radical (unpaired) electrons. The minimum atomic E-state index is -3.38. The highest BCUT2D eigenvalue weighted by Gasteiger charge is 2.39. The van der Waals surface area contributed by atoms with E-state index in [9.17, 15) is 13.2 Å². The van der Waals surface area contributed by atoms with Gasteiger partial charge in [-0.3, -0.25) is 9.80 Å². The van der Waals surface area contributed by atoms with E-state index in [1.54, 1.807) is 17.2 Å². The molecule has 3 rings (SSSR count). The molecule has 26 heavy (non-hydrogen) atoms. The molecule has 0 spiro atoms. The molecule has 1 amide bonds. The monoisotopic (exact) mass is 380 g/mol. The second kappa shape index (κ2) is 7.75. The lowest BCUT2D eigenvalue weighted by Crippen LogP contribution is -2.41. The summed E-state index contributed by atoms with van der Waals surface area (Å²) in [6.07, 6.45) is 5.80. The summed E-state index contributed by atoms with van der Waals surface area (Å²) < 4.78 is 24.3. The third kappa shape index (κ3) is 3.61. The van der Waals surface area contributed by atoms with Crippen LogP contribution in [0, 0.1) is 5.92 Å². The molecule has 0 saturated carbocycles. The van der Waals surface area contributed by atoms with Crippen molar-refractivity contribution in [1.29, 1.82) is 0 Å². The van der Waals surface area contributed by atoms with Gasteiger partial charge in [0.05, 0.1) is 11.4 Å². The summed E-state index contributed by atoms with van der Waals surface area (Å²) in [5.74, 6) is -0.130. The summed E-state index contributed by atoms with van der Waals surface area (Å²) >= 11 is 0. The maximum Gasteiger partial charge on any atom is 0.240 e. The van der Waals surface area contributed by atoms with Crippen molar-refractivity contribution in [3.8, 4) is 0 Å². The maximum atomic E-state index is 12.1. The van der Waals surface area contributed by atoms with Crippen molar-refractivity contribution in [2.75, 3.05) is 6.26 Å². The van der Waals surface area contributed by atoms with Crippen LogP contribution in [-0.4, -0.2) is 37.3 Å². The zero-order chi connectivity index (χ0) is 19.6. The SMILES string of the molecule is CC.CCC1NN2C(S(C)(=O)=O)=CC=C(C3=NNC(=O)CC3C)C2=C1C. The number of nitrogens with zero attached hydrogens (tertiary/aromatic N) is 2. The third-order valence-corrected chi connectivity index (χ3v) is 5.67. The predicted molar refractivity (Wildman–Crippen MR) is 103 cm³/mol. The summed E-state index contributed by atoms with van der Waals surface area (Å²) in [4.78, 5) is 11.5. The Hall–Kier alpha value is -1.93. The van der Waals surface area contributed by atoms with Gasteiger partial charge in [-0.15, -0.1) is 0 Å². The molecule has 7 nitrogen and oxygen atoms in total. The molecule has 0 aromatic carbocycles. The van der Waals surface area contributed by atoms with Crippen molar-refractivity contribution in [1.82, 2.24) is 15.9 Å². The minimum Gasteiger partial charge on any atom is -0.273 e. The average Bonchev–Trinajstić information content (AvgIpc) is 2.92. The van der Waals surface area contributed by atoms with Crippen LogP contribution in [0.25, 0.3) is 0 Å². The van der Waals surface area contributed by atoms with E-state index in [1.807, 2.05) is 34.6 Å². The minimum absolute atomic E-state index is 0.0268. The van der Waals surface area contributed by atoms with E-state index in [1.165, 1.54) is 6.26 Å². The zero-order valence-electron chi connectivity index (χ0n) is 16.3. The Morgan fingerprint density at radius 2 is 1.96 bits per heavy atom. The van der Waals surface area contributed by atoms with Crippen molar-refractivity contribution in [3.05, 3.63) is 34.0 Å². The van der Waals surface area contributed by atoms with Gasteiger partial charge in [-0.1, -0.05) is 27.7 Å². The topological polar surface area (TPSA) is 90.9 Å². The van der Waals surface area contributed by atoms with E-state index >= 15 is 0 Å². The number of hydrogen-bond donors (Lipinski definition) is 2. The molecule has 3 aliphatic rings. The van der Waals surface area contributed by atoms with Gasteiger partial charge in [-0.25, -0.2) is 19.3 Å². The Labute approximate surface area is 155 Å². The fourth-order valence-corrected chi connectivity index (χ4v) is 4.14. The van der Waals surface area contributed by atoms with E-state index in [-0.39, 0.29) is 22.9 Å². The van der Waals surface area contributed by atoms with E-state index in [2.05, 4.69) is 16.0 Å². The van der Waals surface area contributed by atoms with Gasteiger partial charge in [0.2, 0.25) is 5.91 Å². The van der Waals surface area contributed by atoms with E-state index in [0.29, 0.717) is 6.42 Å². The first-order chi connectivity index (χ1) is 12.2. The molecule has 0 aromatic rings. The van der Waals surface area contributed by atoms with Crippen LogP contribution in [0.2, 0.25) is 0 Å². The standard InChI is InChI=1S/C16H22N4O3S.C2H6/c1-5-12-10(3)16-11(15-9(2)8-13(21)17-18-15)6-7-14(20(16)19-12)24(4,22)23;1-2/h6-7,9,12,19H,5,8H2,1-4H3,(H,17,21);1-2H3. The van der Waals surface area contributed by atoms with Gasteiger partial charge in [-0.2, -0.15) is 5.10 Å². The lowest BCUT2D eigenvalue weighted by molar-refractivity contribution is -0.121. The fourth-order valence-electron chi connectivity index (χ4n) is 3.35. The molecule has 0 bridgehead atoms. The van der Waals surface area contributed by atoms with E-state index in [4.69, 9.17) is 0 Å². The van der Waals surface area contributed by atoms with Gasteiger partial charge in [0, 0.05) is 30.2 Å². The van der Waals surface area contributed by atoms with E-state index in [0.717, 1.165) is 29.0 Å². The van der Waals surface area contributed by atoms with Crippen molar-refractivity contribution >= 4 is 21.5 Å². The molecular weight excluding hydrogens is 352 g/mol. The smallest absolute Gasteiger partial charge is 0.240 e. The van der Waals surface area contributed by atoms with Crippen molar-refractivity contribution < 1.29 is 13.2 Å². The molecular formula is C18H28N4O3S. The quantitative estimate of drug-likeness (QED) is 0.783. The number of fused-ring (bicyclic) bond motifs is 1. The van der Waals surface area contributed by atoms with Crippen LogP contribution in [0.5, 0.6) is 0 Å². The fraction of sp³-hybridized carbons (Fsp3) is 0.556. The van der Waals surface area contributed by atoms with Crippen LogP contribution in [0.4, 0.5) is 0 Å². The molecule has 0 aliphatic carbocycles. The third-order valence-electron chi connectivity index (χ3n) is 4.60. The lowest BCUT2D eigenvalue weighted by Gasteiger charge is -2.31. The van der Waals surface area contributed by atoms with Gasteiger partial charge in [0.25, 0.3) is 0 Å². The van der Waals surface area contributed by atoms with Crippen LogP contribution in [0.3, 0.4) is 0 Å². The van der Waals surface area contributed by atoms with Crippen LogP contribution in [0.1, 0.15) is 47.5 Å². The highest BCUT2D eigenvalue weighted by molar-refractivity contribution is 7.94. The second-order valence-corrected chi connectivity index (χ2v) is 8.41. The Morgan fingerprint density at radius 3 is 2.50 bits per heavy atom. The molecule has 3 heterocycles. The maximum absolute atomic E-state index is 12.1. The zero-order valence-corrected chi connectivity index (χ0v) is 17.1. The van der Waals surface area contributed by atoms with E-state index < -0.39 is 9.84 Å². The van der Waals surface area contributed by atoms with Crippen LogP contribution in [-0.2, 0) is 14.6 Å². The molecule has 3 aliphatic heterocycles. The lowest BCUT2D eigenvalue weighted by atomic mass is 9.89. The van der Waals surface area contributed by atoms with Crippen molar-refractivity contribution in [3.63, 3.8) is 0 Å².